The molecule has 142 valence electrons. The Bertz CT molecular complexity index is 1120. The monoisotopic (exact) mass is 400 g/mol. The van der Waals surface area contributed by atoms with Crippen molar-refractivity contribution < 1.29 is 14.7 Å². The zero-order valence-electron chi connectivity index (χ0n) is 15.2. The Morgan fingerprint density at radius 3 is 2.41 bits per heavy atom. The van der Waals surface area contributed by atoms with Gasteiger partial charge in [-0.05, 0) is 48.0 Å². The van der Waals surface area contributed by atoms with Crippen LogP contribution in [0.3, 0.4) is 0 Å². The summed E-state index contributed by atoms with van der Waals surface area (Å²) < 4.78 is 0. The summed E-state index contributed by atoms with van der Waals surface area (Å²) in [6, 6.07) is 25.1. The molecule has 0 atom stereocenters. The lowest BCUT2D eigenvalue weighted by Crippen LogP contribution is -2.14. The molecule has 3 aromatic carbocycles. The minimum Gasteiger partial charge on any atom is -0.478 e. The van der Waals surface area contributed by atoms with Gasteiger partial charge in [-0.25, -0.2) is 4.79 Å². The van der Waals surface area contributed by atoms with Crippen LogP contribution in [0.15, 0.2) is 94.2 Å². The maximum Gasteiger partial charge on any atom is 0.335 e. The van der Waals surface area contributed by atoms with E-state index in [4.69, 9.17) is 5.11 Å². The van der Waals surface area contributed by atoms with E-state index in [0.717, 1.165) is 15.4 Å². The van der Waals surface area contributed by atoms with Crippen molar-refractivity contribution >= 4 is 35.4 Å². The number of hydrogen-bond donors (Lipinski definition) is 2. The smallest absolute Gasteiger partial charge is 0.335 e. The van der Waals surface area contributed by atoms with Crippen LogP contribution in [-0.2, 0) is 4.79 Å². The van der Waals surface area contributed by atoms with E-state index in [0.29, 0.717) is 5.69 Å². The number of carbonyl (C=O) groups excluding carboxylic acids is 1. The van der Waals surface area contributed by atoms with Crippen molar-refractivity contribution in [1.82, 2.24) is 0 Å². The molecule has 0 aliphatic carbocycles. The molecule has 0 saturated carbocycles. The fraction of sp³-hybridized carbons (Fsp3) is 0. The summed E-state index contributed by atoms with van der Waals surface area (Å²) in [6.07, 6.45) is 1.53. The molecule has 0 bridgehead atoms. The zero-order chi connectivity index (χ0) is 20.6. The summed E-state index contributed by atoms with van der Waals surface area (Å²) in [5.74, 6) is -1.70. The molecule has 0 spiro atoms. The second-order valence-electron chi connectivity index (χ2n) is 5.96. The molecule has 2 N–H and O–H groups in total. The molecule has 0 aliphatic heterocycles. The van der Waals surface area contributed by atoms with Gasteiger partial charge in [0, 0.05) is 15.5 Å². The number of anilines is 1. The minimum absolute atomic E-state index is 0.0508. The normalized spacial score (nSPS) is 10.8. The summed E-state index contributed by atoms with van der Waals surface area (Å²) in [5, 5.41) is 21.1. The topological polar surface area (TPSA) is 90.2 Å². The molecule has 0 unspecified atom stereocenters. The molecule has 29 heavy (non-hydrogen) atoms. The lowest BCUT2D eigenvalue weighted by Gasteiger charge is -2.08. The maximum atomic E-state index is 12.5. The number of rotatable bonds is 6. The fourth-order valence-corrected chi connectivity index (χ4v) is 3.48. The maximum absolute atomic E-state index is 12.5. The number of hydrogen-bond acceptors (Lipinski definition) is 4. The number of benzene rings is 3. The van der Waals surface area contributed by atoms with Gasteiger partial charge in [-0.2, -0.15) is 5.26 Å². The van der Waals surface area contributed by atoms with Gasteiger partial charge in [0.25, 0.3) is 5.91 Å². The van der Waals surface area contributed by atoms with Crippen LogP contribution in [0.4, 0.5) is 5.69 Å². The predicted molar refractivity (Wildman–Crippen MR) is 113 cm³/mol. The SMILES string of the molecule is N#C/C(=C\c1ccccc1Sc1ccccc1)C(=O)Nc1cccc(C(=O)O)c1. The number of nitrogens with zero attached hydrogens (tertiary/aromatic N) is 1. The van der Waals surface area contributed by atoms with E-state index in [1.165, 1.54) is 36.0 Å². The van der Waals surface area contributed by atoms with Gasteiger partial charge in [-0.1, -0.05) is 54.2 Å². The Hall–Kier alpha value is -3.82. The van der Waals surface area contributed by atoms with Crippen LogP contribution in [0.1, 0.15) is 15.9 Å². The first-order valence-corrected chi connectivity index (χ1v) is 9.47. The van der Waals surface area contributed by atoms with Crippen molar-refractivity contribution in [3.05, 3.63) is 95.6 Å². The number of carbonyl (C=O) groups is 2. The van der Waals surface area contributed by atoms with Crippen molar-refractivity contribution in [2.75, 3.05) is 5.32 Å². The number of amides is 1. The minimum atomic E-state index is -1.09. The van der Waals surface area contributed by atoms with E-state index in [1.807, 2.05) is 60.7 Å². The number of carboxylic acids is 1. The molecule has 3 rings (SSSR count). The lowest BCUT2D eigenvalue weighted by molar-refractivity contribution is -0.112. The third kappa shape index (κ3) is 5.34. The summed E-state index contributed by atoms with van der Waals surface area (Å²) in [5.41, 5.74) is 1.03. The van der Waals surface area contributed by atoms with E-state index in [9.17, 15) is 14.9 Å². The fourth-order valence-electron chi connectivity index (χ4n) is 2.54. The van der Waals surface area contributed by atoms with E-state index >= 15 is 0 Å². The van der Waals surface area contributed by atoms with E-state index in [-0.39, 0.29) is 11.1 Å². The first kappa shape index (κ1) is 19.9. The van der Waals surface area contributed by atoms with Crippen LogP contribution in [0, 0.1) is 11.3 Å². The van der Waals surface area contributed by atoms with Gasteiger partial charge in [-0.15, -0.1) is 0 Å². The summed E-state index contributed by atoms with van der Waals surface area (Å²) in [4.78, 5) is 25.6. The highest BCUT2D eigenvalue weighted by atomic mass is 32.2. The van der Waals surface area contributed by atoms with Gasteiger partial charge in [0.05, 0.1) is 5.56 Å². The van der Waals surface area contributed by atoms with Gasteiger partial charge in [0.1, 0.15) is 11.6 Å². The molecule has 0 fully saturated rings. The molecule has 3 aromatic rings. The third-order valence-electron chi connectivity index (χ3n) is 3.92. The first-order chi connectivity index (χ1) is 14.1. The molecule has 0 aliphatic rings. The standard InChI is InChI=1S/C23H16N2O3S/c24-15-18(22(26)25-19-9-6-8-17(14-19)23(27)28)13-16-7-4-5-12-21(16)29-20-10-2-1-3-11-20/h1-14H,(H,25,26)(H,27,28)/b18-13+. The van der Waals surface area contributed by atoms with E-state index in [2.05, 4.69) is 5.32 Å². The van der Waals surface area contributed by atoms with Crippen LogP contribution < -0.4 is 5.32 Å². The van der Waals surface area contributed by atoms with Crippen LogP contribution in [0.2, 0.25) is 0 Å². The Kier molecular flexibility index (Phi) is 6.46. The van der Waals surface area contributed by atoms with Crippen LogP contribution in [0.5, 0.6) is 0 Å². The lowest BCUT2D eigenvalue weighted by atomic mass is 10.1. The van der Waals surface area contributed by atoms with Crippen molar-refractivity contribution in [3.63, 3.8) is 0 Å². The molecule has 0 aromatic heterocycles. The average molecular weight is 400 g/mol. The van der Waals surface area contributed by atoms with Crippen molar-refractivity contribution in [3.8, 4) is 6.07 Å². The van der Waals surface area contributed by atoms with E-state index < -0.39 is 11.9 Å². The number of aromatic carboxylic acids is 1. The summed E-state index contributed by atoms with van der Waals surface area (Å²) >= 11 is 1.54. The molecule has 6 heteroatoms. The van der Waals surface area contributed by atoms with Crippen molar-refractivity contribution in [2.45, 2.75) is 9.79 Å². The Morgan fingerprint density at radius 2 is 1.69 bits per heavy atom. The molecular weight excluding hydrogens is 384 g/mol. The van der Waals surface area contributed by atoms with Gasteiger partial charge in [0.15, 0.2) is 0 Å². The molecule has 0 radical (unpaired) electrons. The molecule has 5 nitrogen and oxygen atoms in total. The zero-order valence-corrected chi connectivity index (χ0v) is 16.0. The Balaban J connectivity index is 1.85. The first-order valence-electron chi connectivity index (χ1n) is 8.65. The largest absolute Gasteiger partial charge is 0.478 e. The quantitative estimate of drug-likeness (QED) is 0.445. The number of nitrogens with one attached hydrogen (secondary N) is 1. The van der Waals surface area contributed by atoms with Gasteiger partial charge in [0.2, 0.25) is 0 Å². The summed E-state index contributed by atoms with van der Waals surface area (Å²) in [7, 11) is 0. The van der Waals surface area contributed by atoms with Crippen molar-refractivity contribution in [1.29, 1.82) is 5.26 Å². The highest BCUT2D eigenvalue weighted by Crippen LogP contribution is 2.31. The highest BCUT2D eigenvalue weighted by Gasteiger charge is 2.12. The average Bonchev–Trinajstić information content (AvgIpc) is 2.74. The Labute approximate surface area is 172 Å². The van der Waals surface area contributed by atoms with E-state index in [1.54, 1.807) is 6.07 Å². The molecule has 0 saturated heterocycles. The number of carboxylic acid groups (broad SMARTS) is 1. The second-order valence-corrected chi connectivity index (χ2v) is 7.08. The Morgan fingerprint density at radius 1 is 0.966 bits per heavy atom. The van der Waals surface area contributed by atoms with Gasteiger partial charge in [-0.3, -0.25) is 4.79 Å². The van der Waals surface area contributed by atoms with Crippen LogP contribution >= 0.6 is 11.8 Å². The van der Waals surface area contributed by atoms with Crippen LogP contribution in [-0.4, -0.2) is 17.0 Å². The molecule has 0 heterocycles. The predicted octanol–water partition coefficient (Wildman–Crippen LogP) is 5.08. The second kappa shape index (κ2) is 9.40. The molecular formula is C23H16N2O3S. The van der Waals surface area contributed by atoms with Gasteiger partial charge < -0.3 is 10.4 Å². The van der Waals surface area contributed by atoms with Crippen molar-refractivity contribution in [2.24, 2.45) is 0 Å². The molecule has 1 amide bonds. The summed E-state index contributed by atoms with van der Waals surface area (Å²) in [6.45, 7) is 0. The van der Waals surface area contributed by atoms with Gasteiger partial charge >= 0.3 is 5.97 Å². The number of nitriles is 1. The van der Waals surface area contributed by atoms with Crippen LogP contribution in [0.25, 0.3) is 6.08 Å². The third-order valence-corrected chi connectivity index (χ3v) is 5.02. The highest BCUT2D eigenvalue weighted by molar-refractivity contribution is 7.99.